The van der Waals surface area contributed by atoms with E-state index in [1.165, 1.54) is 35.1 Å². The first kappa shape index (κ1) is 27.6. The number of aryl methyl sites for hydroxylation is 3. The lowest BCUT2D eigenvalue weighted by atomic mass is 9.90. The average molecular weight is 612 g/mol. The Morgan fingerprint density at radius 3 is 2.40 bits per heavy atom. The van der Waals surface area contributed by atoms with Crippen LogP contribution in [0, 0.1) is 0 Å². The van der Waals surface area contributed by atoms with Gasteiger partial charge >= 0.3 is 0 Å². The van der Waals surface area contributed by atoms with E-state index in [0.29, 0.717) is 0 Å². The number of aromatic hydroxyl groups is 1. The lowest BCUT2D eigenvalue weighted by molar-refractivity contribution is 0.474. The van der Waals surface area contributed by atoms with E-state index in [9.17, 15) is 5.11 Å². The smallest absolute Gasteiger partial charge is 0.144 e. The minimum atomic E-state index is 0.286. The van der Waals surface area contributed by atoms with Crippen LogP contribution in [0.5, 0.6) is 5.75 Å². The molecular weight excluding hydrogens is 578 g/mol. The second-order valence-corrected chi connectivity index (χ2v) is 12.7. The molecule has 5 heteroatoms. The first-order valence-corrected chi connectivity index (χ1v) is 16.4. The minimum Gasteiger partial charge on any atom is -0.507 e. The Bertz CT molecular complexity index is 2470. The molecular formula is C42H33N3O2. The number of aromatic nitrogens is 3. The Balaban J connectivity index is 1.24. The number of phenols is 1. The maximum atomic E-state index is 11.2. The van der Waals surface area contributed by atoms with Gasteiger partial charge < -0.3 is 14.1 Å². The van der Waals surface area contributed by atoms with Crippen LogP contribution < -0.4 is 0 Å². The van der Waals surface area contributed by atoms with Crippen molar-refractivity contribution in [3.05, 3.63) is 138 Å². The van der Waals surface area contributed by atoms with Crippen molar-refractivity contribution >= 4 is 33.0 Å². The van der Waals surface area contributed by atoms with Gasteiger partial charge in [-0.2, -0.15) is 0 Å². The fourth-order valence-corrected chi connectivity index (χ4v) is 7.37. The van der Waals surface area contributed by atoms with E-state index >= 15 is 0 Å². The molecule has 0 radical (unpaired) electrons. The summed E-state index contributed by atoms with van der Waals surface area (Å²) in [6.07, 6.45) is 7.15. The molecule has 0 unspecified atom stereocenters. The van der Waals surface area contributed by atoms with E-state index in [1.807, 2.05) is 37.5 Å². The van der Waals surface area contributed by atoms with Crippen LogP contribution in [0.2, 0.25) is 0 Å². The van der Waals surface area contributed by atoms with Gasteiger partial charge in [0.1, 0.15) is 22.7 Å². The molecule has 5 aromatic carbocycles. The third-order valence-corrected chi connectivity index (χ3v) is 9.75. The SMILES string of the molecule is Cn1c(-c2cc3c(cc2O)CCCC3)nc2c(-c3cc(-c4cc(Cc5ccccc5)ccn4)cc4c3oc3ccccc34)cccc21. The van der Waals surface area contributed by atoms with Crippen LogP contribution in [-0.2, 0) is 26.3 Å². The first-order valence-electron chi connectivity index (χ1n) is 16.4. The number of nitrogens with zero attached hydrogens (tertiary/aromatic N) is 3. The summed E-state index contributed by atoms with van der Waals surface area (Å²) in [6, 6.07) is 37.8. The topological polar surface area (TPSA) is 64.1 Å². The van der Waals surface area contributed by atoms with Gasteiger partial charge in [-0.3, -0.25) is 4.98 Å². The molecule has 1 aliphatic rings. The van der Waals surface area contributed by atoms with E-state index in [0.717, 1.165) is 86.0 Å². The van der Waals surface area contributed by atoms with Gasteiger partial charge in [-0.1, -0.05) is 60.7 Å². The maximum absolute atomic E-state index is 11.2. The summed E-state index contributed by atoms with van der Waals surface area (Å²) in [6.45, 7) is 0. The van der Waals surface area contributed by atoms with E-state index in [1.54, 1.807) is 0 Å². The van der Waals surface area contributed by atoms with Gasteiger partial charge in [0.15, 0.2) is 0 Å². The second kappa shape index (κ2) is 11.0. The highest BCUT2D eigenvalue weighted by atomic mass is 16.3. The van der Waals surface area contributed by atoms with Crippen LogP contribution in [0.25, 0.3) is 66.7 Å². The van der Waals surface area contributed by atoms with Crippen molar-refractivity contribution in [2.75, 3.05) is 0 Å². The molecule has 47 heavy (non-hydrogen) atoms. The highest BCUT2D eigenvalue weighted by Crippen LogP contribution is 2.43. The number of hydrogen-bond acceptors (Lipinski definition) is 4. The Hall–Kier alpha value is -5.68. The van der Waals surface area contributed by atoms with Gasteiger partial charge in [-0.15, -0.1) is 0 Å². The molecule has 0 saturated carbocycles. The van der Waals surface area contributed by atoms with Gasteiger partial charge in [0.2, 0.25) is 0 Å². The standard InChI is InChI=1S/C42H33N3O2/c1-45-37-16-9-15-32(40(37)44-42(45)35-22-28-12-5-6-13-29(28)25-38(35)46)34-24-30(23-33-31-14-7-8-17-39(31)47-41(33)34)36-21-27(18-19-43-36)20-26-10-3-2-4-11-26/h2-4,7-11,14-19,21-25,46H,5-6,12-13,20H2,1H3. The van der Waals surface area contributed by atoms with Crippen LogP contribution in [0.4, 0.5) is 0 Å². The Morgan fingerprint density at radius 1 is 0.723 bits per heavy atom. The van der Waals surface area contributed by atoms with E-state index in [-0.39, 0.29) is 5.75 Å². The summed E-state index contributed by atoms with van der Waals surface area (Å²) in [7, 11) is 2.03. The molecule has 0 amide bonds. The van der Waals surface area contributed by atoms with Gasteiger partial charge in [-0.05, 0) is 103 Å². The molecule has 0 fully saturated rings. The molecule has 0 saturated heterocycles. The normalized spacial score (nSPS) is 13.0. The number of imidazole rings is 1. The highest BCUT2D eigenvalue weighted by molar-refractivity contribution is 6.13. The Labute approximate surface area is 272 Å². The molecule has 9 rings (SSSR count). The predicted molar refractivity (Wildman–Crippen MR) is 190 cm³/mol. The monoisotopic (exact) mass is 611 g/mol. The number of phenolic OH excluding ortho intramolecular Hbond substituents is 1. The van der Waals surface area contributed by atoms with Crippen molar-refractivity contribution in [3.63, 3.8) is 0 Å². The third kappa shape index (κ3) is 4.69. The highest BCUT2D eigenvalue weighted by Gasteiger charge is 2.22. The van der Waals surface area contributed by atoms with Crippen LogP contribution in [0.3, 0.4) is 0 Å². The molecule has 8 aromatic rings. The van der Waals surface area contributed by atoms with Crippen molar-refractivity contribution in [2.24, 2.45) is 7.05 Å². The zero-order valence-corrected chi connectivity index (χ0v) is 26.2. The van der Waals surface area contributed by atoms with Crippen molar-refractivity contribution in [1.82, 2.24) is 14.5 Å². The number of fused-ring (bicyclic) bond motifs is 5. The summed E-state index contributed by atoms with van der Waals surface area (Å²) >= 11 is 0. The summed E-state index contributed by atoms with van der Waals surface area (Å²) in [5, 5.41) is 13.3. The fourth-order valence-electron chi connectivity index (χ4n) is 7.37. The van der Waals surface area contributed by atoms with Crippen LogP contribution in [-0.4, -0.2) is 19.6 Å². The molecule has 0 bridgehead atoms. The maximum Gasteiger partial charge on any atom is 0.144 e. The molecule has 1 aliphatic carbocycles. The van der Waals surface area contributed by atoms with Crippen molar-refractivity contribution in [2.45, 2.75) is 32.1 Å². The summed E-state index contributed by atoms with van der Waals surface area (Å²) < 4.78 is 8.68. The zero-order valence-electron chi connectivity index (χ0n) is 26.2. The molecule has 3 heterocycles. The number of benzene rings is 5. The average Bonchev–Trinajstić information content (AvgIpc) is 3.65. The number of rotatable bonds is 5. The Morgan fingerprint density at radius 2 is 1.53 bits per heavy atom. The second-order valence-electron chi connectivity index (χ2n) is 12.7. The van der Waals surface area contributed by atoms with E-state index < -0.39 is 0 Å². The molecule has 1 N–H and O–H groups in total. The summed E-state index contributed by atoms with van der Waals surface area (Å²) in [5.41, 5.74) is 13.2. The summed E-state index contributed by atoms with van der Waals surface area (Å²) in [5.74, 6) is 1.04. The van der Waals surface area contributed by atoms with Crippen molar-refractivity contribution in [3.8, 4) is 39.5 Å². The number of para-hydroxylation sites is 2. The lowest BCUT2D eigenvalue weighted by Gasteiger charge is -2.17. The van der Waals surface area contributed by atoms with Gasteiger partial charge in [0.05, 0.1) is 22.3 Å². The van der Waals surface area contributed by atoms with Crippen LogP contribution in [0.15, 0.2) is 120 Å². The minimum absolute atomic E-state index is 0.286. The van der Waals surface area contributed by atoms with Gasteiger partial charge in [0, 0.05) is 40.7 Å². The van der Waals surface area contributed by atoms with E-state index in [2.05, 4.69) is 89.5 Å². The van der Waals surface area contributed by atoms with E-state index in [4.69, 9.17) is 14.4 Å². The molecule has 3 aromatic heterocycles. The van der Waals surface area contributed by atoms with Gasteiger partial charge in [0.25, 0.3) is 0 Å². The van der Waals surface area contributed by atoms with Crippen LogP contribution >= 0.6 is 0 Å². The molecule has 0 atom stereocenters. The van der Waals surface area contributed by atoms with Crippen molar-refractivity contribution in [1.29, 1.82) is 0 Å². The van der Waals surface area contributed by atoms with Crippen molar-refractivity contribution < 1.29 is 9.52 Å². The molecule has 0 spiro atoms. The van der Waals surface area contributed by atoms with Gasteiger partial charge in [-0.25, -0.2) is 4.98 Å². The largest absolute Gasteiger partial charge is 0.507 e. The molecule has 5 nitrogen and oxygen atoms in total. The summed E-state index contributed by atoms with van der Waals surface area (Å²) in [4.78, 5) is 10.1. The quantitative estimate of drug-likeness (QED) is 0.210. The van der Waals surface area contributed by atoms with Crippen LogP contribution in [0.1, 0.15) is 35.1 Å². The number of hydrogen-bond donors (Lipinski definition) is 1. The molecule has 0 aliphatic heterocycles. The predicted octanol–water partition coefficient (Wildman–Crippen LogP) is 10.0. The first-order chi connectivity index (χ1) is 23.1. The Kier molecular flexibility index (Phi) is 6.46. The zero-order chi connectivity index (χ0) is 31.5. The molecule has 228 valence electrons. The number of furan rings is 1. The number of pyridine rings is 1. The fraction of sp³-hybridized carbons (Fsp3) is 0.143. The third-order valence-electron chi connectivity index (χ3n) is 9.75. The lowest BCUT2D eigenvalue weighted by Crippen LogP contribution is -2.03.